The summed E-state index contributed by atoms with van der Waals surface area (Å²) >= 11 is 0. The molecule has 0 bridgehead atoms. The fourth-order valence-electron chi connectivity index (χ4n) is 1.68. The van der Waals surface area contributed by atoms with Crippen LogP contribution in [0.4, 0.5) is 0 Å². The van der Waals surface area contributed by atoms with Crippen molar-refractivity contribution in [1.29, 1.82) is 0 Å². The Morgan fingerprint density at radius 2 is 2.06 bits per heavy atom. The van der Waals surface area contributed by atoms with Crippen LogP contribution in [0.5, 0.6) is 11.5 Å². The minimum absolute atomic E-state index is 0.0167. The summed E-state index contributed by atoms with van der Waals surface area (Å²) in [5, 5.41) is 0. The predicted octanol–water partition coefficient (Wildman–Crippen LogP) is 1.59. The van der Waals surface area contributed by atoms with E-state index in [0.29, 0.717) is 23.7 Å². The van der Waals surface area contributed by atoms with Crippen LogP contribution in [0.1, 0.15) is 15.9 Å². The molecule has 1 unspecified atom stereocenters. The number of Topliss-reactive ketones (excluding diaryl/α,β-unsaturated/α-hetero) is 1. The lowest BCUT2D eigenvalue weighted by Crippen LogP contribution is -2.11. The van der Waals surface area contributed by atoms with E-state index in [9.17, 15) is 4.79 Å². The van der Waals surface area contributed by atoms with E-state index in [2.05, 4.69) is 0 Å². The number of carbonyl (C=O) groups excluding carboxylic acids is 1. The summed E-state index contributed by atoms with van der Waals surface area (Å²) in [7, 11) is 3.12. The molecule has 16 heavy (non-hydrogen) atoms. The standard InChI is InChI=1S/C12H14O4/c1-7-4-8(14-2)5-9(15-3)11(7)12(13)10-6-16-10/h4-5,10H,6H2,1-3H3. The molecule has 86 valence electrons. The van der Waals surface area contributed by atoms with Crippen LogP contribution in [0.2, 0.25) is 0 Å². The second-order valence-electron chi connectivity index (χ2n) is 3.71. The van der Waals surface area contributed by atoms with Crippen molar-refractivity contribution in [1.82, 2.24) is 0 Å². The number of rotatable bonds is 4. The van der Waals surface area contributed by atoms with E-state index in [4.69, 9.17) is 14.2 Å². The summed E-state index contributed by atoms with van der Waals surface area (Å²) < 4.78 is 15.3. The number of aryl methyl sites for hydroxylation is 1. The van der Waals surface area contributed by atoms with Gasteiger partial charge in [0.25, 0.3) is 0 Å². The molecule has 0 aliphatic carbocycles. The summed E-state index contributed by atoms with van der Waals surface area (Å²) in [5.41, 5.74) is 1.43. The van der Waals surface area contributed by atoms with Gasteiger partial charge in [-0.2, -0.15) is 0 Å². The van der Waals surface area contributed by atoms with Gasteiger partial charge in [0.2, 0.25) is 0 Å². The molecule has 1 aromatic rings. The molecule has 0 saturated carbocycles. The molecule has 0 amide bonds. The van der Waals surface area contributed by atoms with Crippen LogP contribution >= 0.6 is 0 Å². The molecule has 1 aromatic carbocycles. The highest BCUT2D eigenvalue weighted by Gasteiger charge is 2.34. The zero-order valence-corrected chi connectivity index (χ0v) is 9.57. The molecule has 0 N–H and O–H groups in total. The molecule has 1 aliphatic heterocycles. The fourth-order valence-corrected chi connectivity index (χ4v) is 1.68. The number of carbonyl (C=O) groups is 1. The van der Waals surface area contributed by atoms with Crippen LogP contribution in [0.25, 0.3) is 0 Å². The monoisotopic (exact) mass is 222 g/mol. The second kappa shape index (κ2) is 4.14. The first-order valence-corrected chi connectivity index (χ1v) is 5.05. The lowest BCUT2D eigenvalue weighted by Gasteiger charge is -2.11. The number of hydrogen-bond donors (Lipinski definition) is 0. The van der Waals surface area contributed by atoms with Crippen molar-refractivity contribution in [2.45, 2.75) is 13.0 Å². The Morgan fingerprint density at radius 1 is 1.38 bits per heavy atom. The highest BCUT2D eigenvalue weighted by molar-refractivity contribution is 6.04. The van der Waals surface area contributed by atoms with Gasteiger partial charge in [-0.15, -0.1) is 0 Å². The summed E-state index contributed by atoms with van der Waals surface area (Å²) in [4.78, 5) is 12.0. The van der Waals surface area contributed by atoms with E-state index in [1.54, 1.807) is 20.3 Å². The van der Waals surface area contributed by atoms with Crippen LogP contribution < -0.4 is 9.47 Å². The maximum absolute atomic E-state index is 12.0. The van der Waals surface area contributed by atoms with Gasteiger partial charge in [0.15, 0.2) is 5.78 Å². The normalized spacial score (nSPS) is 18.1. The molecule has 4 heteroatoms. The van der Waals surface area contributed by atoms with E-state index in [-0.39, 0.29) is 11.9 Å². The zero-order chi connectivity index (χ0) is 11.7. The SMILES string of the molecule is COc1cc(C)c(C(=O)C2CO2)c(OC)c1. The summed E-state index contributed by atoms with van der Waals surface area (Å²) in [5.74, 6) is 1.21. The number of ether oxygens (including phenoxy) is 3. The molecule has 1 heterocycles. The van der Waals surface area contributed by atoms with Crippen LogP contribution in [0.3, 0.4) is 0 Å². The Kier molecular flexibility index (Phi) is 2.83. The maximum atomic E-state index is 12.0. The van der Waals surface area contributed by atoms with Gasteiger partial charge in [0.05, 0.1) is 26.4 Å². The summed E-state index contributed by atoms with van der Waals surface area (Å²) in [6.07, 6.45) is -0.291. The number of hydrogen-bond acceptors (Lipinski definition) is 4. The van der Waals surface area contributed by atoms with Crippen LogP contribution in [-0.4, -0.2) is 32.7 Å². The van der Waals surface area contributed by atoms with Crippen molar-refractivity contribution in [3.8, 4) is 11.5 Å². The first kappa shape index (κ1) is 11.0. The Labute approximate surface area is 94.1 Å². The van der Waals surface area contributed by atoms with Gasteiger partial charge in [0, 0.05) is 6.07 Å². The third-order valence-corrected chi connectivity index (χ3v) is 2.60. The summed E-state index contributed by atoms with van der Waals surface area (Å²) in [6.45, 7) is 2.37. The van der Waals surface area contributed by atoms with Crippen molar-refractivity contribution in [3.63, 3.8) is 0 Å². The fraction of sp³-hybridized carbons (Fsp3) is 0.417. The average molecular weight is 222 g/mol. The Balaban J connectivity index is 2.45. The minimum Gasteiger partial charge on any atom is -0.497 e. The summed E-state index contributed by atoms with van der Waals surface area (Å²) in [6, 6.07) is 3.53. The molecule has 1 atom stereocenters. The predicted molar refractivity (Wildman–Crippen MR) is 58.4 cm³/mol. The van der Waals surface area contributed by atoms with E-state index in [0.717, 1.165) is 5.56 Å². The third-order valence-electron chi connectivity index (χ3n) is 2.60. The third kappa shape index (κ3) is 1.88. The molecule has 2 rings (SSSR count). The Bertz CT molecular complexity index is 421. The largest absolute Gasteiger partial charge is 0.497 e. The lowest BCUT2D eigenvalue weighted by molar-refractivity contribution is 0.0950. The van der Waals surface area contributed by atoms with Gasteiger partial charge in [0.1, 0.15) is 17.6 Å². The van der Waals surface area contributed by atoms with Gasteiger partial charge in [-0.1, -0.05) is 0 Å². The van der Waals surface area contributed by atoms with Gasteiger partial charge in [-0.3, -0.25) is 4.79 Å². The zero-order valence-electron chi connectivity index (χ0n) is 9.57. The molecular weight excluding hydrogens is 208 g/mol. The molecule has 1 saturated heterocycles. The van der Waals surface area contributed by atoms with Crippen molar-refractivity contribution in [3.05, 3.63) is 23.3 Å². The van der Waals surface area contributed by atoms with Crippen LogP contribution in [0.15, 0.2) is 12.1 Å². The molecule has 0 aromatic heterocycles. The molecule has 0 spiro atoms. The van der Waals surface area contributed by atoms with Gasteiger partial charge >= 0.3 is 0 Å². The lowest BCUT2D eigenvalue weighted by atomic mass is 10.0. The van der Waals surface area contributed by atoms with E-state index < -0.39 is 0 Å². The molecule has 1 aliphatic rings. The van der Waals surface area contributed by atoms with Crippen molar-refractivity contribution in [2.24, 2.45) is 0 Å². The Hall–Kier alpha value is -1.55. The highest BCUT2D eigenvalue weighted by Crippen LogP contribution is 2.31. The molecule has 0 radical (unpaired) electrons. The van der Waals surface area contributed by atoms with E-state index in [1.165, 1.54) is 0 Å². The number of methoxy groups -OCH3 is 2. The maximum Gasteiger partial charge on any atom is 0.197 e. The van der Waals surface area contributed by atoms with Crippen molar-refractivity contribution < 1.29 is 19.0 Å². The number of ketones is 1. The minimum atomic E-state index is -0.291. The quantitative estimate of drug-likeness (QED) is 0.573. The topological polar surface area (TPSA) is 48.1 Å². The van der Waals surface area contributed by atoms with Crippen LogP contribution in [-0.2, 0) is 4.74 Å². The highest BCUT2D eigenvalue weighted by atomic mass is 16.6. The molecule has 4 nitrogen and oxygen atoms in total. The van der Waals surface area contributed by atoms with Crippen molar-refractivity contribution in [2.75, 3.05) is 20.8 Å². The molecular formula is C12H14O4. The number of epoxide rings is 1. The van der Waals surface area contributed by atoms with E-state index in [1.807, 2.05) is 13.0 Å². The van der Waals surface area contributed by atoms with E-state index >= 15 is 0 Å². The first-order valence-electron chi connectivity index (χ1n) is 5.05. The first-order chi connectivity index (χ1) is 7.67. The number of benzene rings is 1. The van der Waals surface area contributed by atoms with Gasteiger partial charge in [-0.25, -0.2) is 0 Å². The van der Waals surface area contributed by atoms with Gasteiger partial charge in [-0.05, 0) is 18.6 Å². The van der Waals surface area contributed by atoms with Crippen molar-refractivity contribution >= 4 is 5.78 Å². The smallest absolute Gasteiger partial charge is 0.197 e. The average Bonchev–Trinajstić information content (AvgIpc) is 3.10. The Morgan fingerprint density at radius 3 is 2.56 bits per heavy atom. The second-order valence-corrected chi connectivity index (χ2v) is 3.71. The van der Waals surface area contributed by atoms with Gasteiger partial charge < -0.3 is 14.2 Å². The van der Waals surface area contributed by atoms with Crippen LogP contribution in [0, 0.1) is 6.92 Å². The molecule has 1 fully saturated rings.